The van der Waals surface area contributed by atoms with Gasteiger partial charge in [0.2, 0.25) is 0 Å². The van der Waals surface area contributed by atoms with E-state index in [0.29, 0.717) is 0 Å². The van der Waals surface area contributed by atoms with Gasteiger partial charge in [0.1, 0.15) is 5.82 Å². The van der Waals surface area contributed by atoms with Gasteiger partial charge >= 0.3 is 0 Å². The first-order valence-electron chi connectivity index (χ1n) is 5.48. The van der Waals surface area contributed by atoms with Crippen molar-refractivity contribution in [3.8, 4) is 10.4 Å². The third-order valence-electron chi connectivity index (χ3n) is 2.82. The molecular weight excluding hydrogens is 231 g/mol. The molecule has 2 heteroatoms. The van der Waals surface area contributed by atoms with E-state index in [1.54, 1.807) is 17.4 Å². The quantitative estimate of drug-likeness (QED) is 0.562. The van der Waals surface area contributed by atoms with Gasteiger partial charge < -0.3 is 0 Å². The normalized spacial score (nSPS) is 10.9. The van der Waals surface area contributed by atoms with Crippen LogP contribution in [-0.2, 0) is 0 Å². The lowest BCUT2D eigenvalue weighted by molar-refractivity contribution is 0.630. The summed E-state index contributed by atoms with van der Waals surface area (Å²) < 4.78 is 14.1. The molecule has 0 aliphatic carbocycles. The number of benzene rings is 2. The number of hydrogen-bond acceptors (Lipinski definition) is 1. The van der Waals surface area contributed by atoms with Crippen molar-refractivity contribution in [1.82, 2.24) is 0 Å². The Morgan fingerprint density at radius 1 is 0.941 bits per heavy atom. The number of halogens is 1. The number of rotatable bonds is 1. The van der Waals surface area contributed by atoms with Crippen molar-refractivity contribution < 1.29 is 4.39 Å². The van der Waals surface area contributed by atoms with Crippen molar-refractivity contribution in [3.63, 3.8) is 0 Å². The maximum atomic E-state index is 13.1. The summed E-state index contributed by atoms with van der Waals surface area (Å²) in [6.07, 6.45) is 0. The summed E-state index contributed by atoms with van der Waals surface area (Å²) in [4.78, 5) is 1.19. The molecule has 17 heavy (non-hydrogen) atoms. The van der Waals surface area contributed by atoms with Crippen LogP contribution in [0, 0.1) is 12.7 Å². The Labute approximate surface area is 103 Å². The second-order valence-corrected chi connectivity index (χ2v) is 5.24. The van der Waals surface area contributed by atoms with Crippen LogP contribution in [0.1, 0.15) is 5.56 Å². The van der Waals surface area contributed by atoms with E-state index in [9.17, 15) is 4.39 Å². The molecule has 3 rings (SSSR count). The third kappa shape index (κ3) is 1.96. The highest BCUT2D eigenvalue weighted by molar-refractivity contribution is 7.22. The first-order chi connectivity index (χ1) is 8.22. The van der Waals surface area contributed by atoms with E-state index in [0.717, 1.165) is 10.1 Å². The highest BCUT2D eigenvalue weighted by Gasteiger charge is 2.04. The molecule has 0 atom stereocenters. The Bertz CT molecular complexity index is 665. The Morgan fingerprint density at radius 2 is 1.71 bits per heavy atom. The third-order valence-corrected chi connectivity index (χ3v) is 3.97. The van der Waals surface area contributed by atoms with Gasteiger partial charge in [0.25, 0.3) is 0 Å². The number of thiophene rings is 1. The van der Waals surface area contributed by atoms with Crippen LogP contribution in [0.3, 0.4) is 0 Å². The minimum absolute atomic E-state index is 0.171. The lowest BCUT2D eigenvalue weighted by atomic mass is 10.1. The molecule has 1 aromatic heterocycles. The molecule has 0 spiro atoms. The Balaban J connectivity index is 2.14. The molecule has 84 valence electrons. The monoisotopic (exact) mass is 242 g/mol. The van der Waals surface area contributed by atoms with Crippen LogP contribution in [0.25, 0.3) is 20.5 Å². The topological polar surface area (TPSA) is 0 Å². The zero-order chi connectivity index (χ0) is 11.8. The fraction of sp³-hybridized carbons (Fsp3) is 0.0667. The van der Waals surface area contributed by atoms with Crippen LogP contribution >= 0.6 is 11.3 Å². The molecule has 1 heterocycles. The second kappa shape index (κ2) is 3.97. The van der Waals surface area contributed by atoms with E-state index in [-0.39, 0.29) is 5.82 Å². The van der Waals surface area contributed by atoms with Gasteiger partial charge in [0.05, 0.1) is 0 Å². The van der Waals surface area contributed by atoms with Crippen LogP contribution in [0.15, 0.2) is 48.5 Å². The van der Waals surface area contributed by atoms with Crippen molar-refractivity contribution in [3.05, 3.63) is 59.9 Å². The van der Waals surface area contributed by atoms with Gasteiger partial charge in [0, 0.05) is 9.58 Å². The summed E-state index contributed by atoms with van der Waals surface area (Å²) >= 11 is 1.63. The Hall–Kier alpha value is -1.67. The zero-order valence-electron chi connectivity index (χ0n) is 9.41. The van der Waals surface area contributed by atoms with E-state index in [4.69, 9.17) is 0 Å². The molecule has 0 nitrogen and oxygen atoms in total. The van der Waals surface area contributed by atoms with Crippen LogP contribution in [0.4, 0.5) is 4.39 Å². The van der Waals surface area contributed by atoms with Gasteiger partial charge in [0.15, 0.2) is 0 Å². The van der Waals surface area contributed by atoms with Crippen molar-refractivity contribution in [2.75, 3.05) is 0 Å². The molecule has 0 saturated carbocycles. The fourth-order valence-corrected chi connectivity index (χ4v) is 2.96. The van der Waals surface area contributed by atoms with Crippen molar-refractivity contribution in [1.29, 1.82) is 0 Å². The number of fused-ring (bicyclic) bond motifs is 1. The molecule has 0 amide bonds. The molecular formula is C15H11FS. The van der Waals surface area contributed by atoms with Crippen LogP contribution in [-0.4, -0.2) is 0 Å². The van der Waals surface area contributed by atoms with Gasteiger partial charge in [-0.05, 0) is 36.1 Å². The van der Waals surface area contributed by atoms with Gasteiger partial charge in [-0.15, -0.1) is 11.3 Å². The lowest BCUT2D eigenvalue weighted by Gasteiger charge is -1.96. The van der Waals surface area contributed by atoms with E-state index in [1.807, 2.05) is 6.07 Å². The van der Waals surface area contributed by atoms with Gasteiger partial charge in [-0.2, -0.15) is 0 Å². The number of aryl methyl sites for hydroxylation is 1. The molecule has 0 N–H and O–H groups in total. The smallest absolute Gasteiger partial charge is 0.124 e. The van der Waals surface area contributed by atoms with Gasteiger partial charge in [-0.3, -0.25) is 0 Å². The highest BCUT2D eigenvalue weighted by Crippen LogP contribution is 2.33. The molecule has 0 saturated heterocycles. The first kappa shape index (κ1) is 10.5. The minimum atomic E-state index is -0.171. The van der Waals surface area contributed by atoms with Gasteiger partial charge in [-0.25, -0.2) is 4.39 Å². The van der Waals surface area contributed by atoms with Crippen molar-refractivity contribution in [2.24, 2.45) is 0 Å². The fourth-order valence-electron chi connectivity index (χ4n) is 1.87. The largest absolute Gasteiger partial charge is 0.207 e. The van der Waals surface area contributed by atoms with Gasteiger partial charge in [-0.1, -0.05) is 35.9 Å². The van der Waals surface area contributed by atoms with Crippen LogP contribution in [0.2, 0.25) is 0 Å². The Kier molecular flexibility index (Phi) is 2.45. The number of hydrogen-bond donors (Lipinski definition) is 0. The van der Waals surface area contributed by atoms with Crippen LogP contribution < -0.4 is 0 Å². The predicted octanol–water partition coefficient (Wildman–Crippen LogP) is 5.02. The van der Waals surface area contributed by atoms with E-state index < -0.39 is 0 Å². The molecule has 3 aromatic rings. The average Bonchev–Trinajstić information content (AvgIpc) is 2.72. The summed E-state index contributed by atoms with van der Waals surface area (Å²) in [5, 5.41) is 1.10. The molecule has 2 aromatic carbocycles. The van der Waals surface area contributed by atoms with E-state index in [1.165, 1.54) is 22.1 Å². The van der Waals surface area contributed by atoms with E-state index >= 15 is 0 Å². The summed E-state index contributed by atoms with van der Waals surface area (Å²) in [5.74, 6) is -0.171. The maximum absolute atomic E-state index is 13.1. The zero-order valence-corrected chi connectivity index (χ0v) is 10.2. The molecule has 0 aliphatic heterocycles. The summed E-state index contributed by atoms with van der Waals surface area (Å²) in [6, 6.07) is 15.5. The standard InChI is InChI=1S/C15H11FS/c1-10-2-4-11(5-3-10)14-8-12-6-7-13(16)9-15(12)17-14/h2-9H,1H3. The SMILES string of the molecule is Cc1ccc(-c2cc3ccc(F)cc3s2)cc1. The van der Waals surface area contributed by atoms with Crippen molar-refractivity contribution in [2.45, 2.75) is 6.92 Å². The molecule has 0 fully saturated rings. The van der Waals surface area contributed by atoms with E-state index in [2.05, 4.69) is 37.3 Å². The molecule has 0 bridgehead atoms. The predicted molar refractivity (Wildman–Crippen MR) is 72.0 cm³/mol. The summed E-state index contributed by atoms with van der Waals surface area (Å²) in [7, 11) is 0. The lowest BCUT2D eigenvalue weighted by Crippen LogP contribution is -1.72. The molecule has 0 unspecified atom stereocenters. The summed E-state index contributed by atoms with van der Waals surface area (Å²) in [6.45, 7) is 2.07. The molecule has 0 radical (unpaired) electrons. The minimum Gasteiger partial charge on any atom is -0.207 e. The average molecular weight is 242 g/mol. The van der Waals surface area contributed by atoms with Crippen molar-refractivity contribution >= 4 is 21.4 Å². The highest BCUT2D eigenvalue weighted by atomic mass is 32.1. The Morgan fingerprint density at radius 3 is 2.47 bits per heavy atom. The second-order valence-electron chi connectivity index (χ2n) is 4.16. The summed E-state index contributed by atoms with van der Waals surface area (Å²) in [5.41, 5.74) is 2.44. The molecule has 0 aliphatic rings. The maximum Gasteiger partial charge on any atom is 0.124 e. The first-order valence-corrected chi connectivity index (χ1v) is 6.30. The van der Waals surface area contributed by atoms with Crippen LogP contribution in [0.5, 0.6) is 0 Å².